The molecule has 0 bridgehead atoms. The molecule has 1 atom stereocenters. The number of aryl methyl sites for hydroxylation is 1. The first-order valence-corrected chi connectivity index (χ1v) is 16.8. The number of nitro benzene ring substituents is 1. The molecule has 0 saturated carbocycles. The summed E-state index contributed by atoms with van der Waals surface area (Å²) in [6.07, 6.45) is 1.96. The van der Waals surface area contributed by atoms with Crippen molar-refractivity contribution in [3.05, 3.63) is 63.2 Å². The van der Waals surface area contributed by atoms with Crippen molar-refractivity contribution in [2.45, 2.75) is 77.2 Å². The molecule has 1 aliphatic heterocycles. The molecule has 12 heteroatoms. The van der Waals surface area contributed by atoms with Crippen LogP contribution in [0, 0.1) is 17.0 Å². The van der Waals surface area contributed by atoms with Gasteiger partial charge in [-0.15, -0.1) is 23.5 Å². The van der Waals surface area contributed by atoms with Crippen molar-refractivity contribution in [1.82, 2.24) is 4.90 Å². The van der Waals surface area contributed by atoms with Gasteiger partial charge in [0.25, 0.3) is 11.6 Å². The number of rotatable bonds is 16. The summed E-state index contributed by atoms with van der Waals surface area (Å²) in [5, 5.41) is 13.7. The Labute approximate surface area is 262 Å². The Morgan fingerprint density at radius 2 is 1.81 bits per heavy atom. The predicted molar refractivity (Wildman–Crippen MR) is 173 cm³/mol. The number of ether oxygens (including phenoxy) is 3. The summed E-state index contributed by atoms with van der Waals surface area (Å²) in [5.41, 5.74) is 2.04. The van der Waals surface area contributed by atoms with Crippen LogP contribution < -0.4 is 10.1 Å². The molecular weight excluding hydrogens is 590 g/mol. The lowest BCUT2D eigenvalue weighted by atomic mass is 10.1. The number of hydrogen-bond donors (Lipinski definition) is 1. The lowest BCUT2D eigenvalue weighted by Crippen LogP contribution is -2.41. The van der Waals surface area contributed by atoms with Gasteiger partial charge in [-0.2, -0.15) is 0 Å². The van der Waals surface area contributed by atoms with Crippen LogP contribution in [-0.2, 0) is 16.1 Å². The Kier molecular flexibility index (Phi) is 13.9. The molecule has 1 heterocycles. The zero-order chi connectivity index (χ0) is 31.4. The van der Waals surface area contributed by atoms with E-state index in [4.69, 9.17) is 14.2 Å². The summed E-state index contributed by atoms with van der Waals surface area (Å²) in [6, 6.07) is 9.34. The number of nitrogens with one attached hydrogen (secondary N) is 1. The number of nitro groups is 1. The molecule has 236 valence electrons. The third-order valence-corrected chi connectivity index (χ3v) is 9.60. The second-order valence-corrected chi connectivity index (χ2v) is 13.5. The van der Waals surface area contributed by atoms with E-state index in [0.29, 0.717) is 48.7 Å². The summed E-state index contributed by atoms with van der Waals surface area (Å²) in [4.78, 5) is 39.4. The standard InChI is InChI=1S/C31H43N3O7S2/c1-6-42-30(43-7-2)27-10-8-15-33(27)29(35)25-18-22(5)28(40-17-9-16-39-21(3)4)19-26(25)32-31(36)41-20-23-11-13-24(14-12-23)34(37)38/h11-14,18-19,21,27,30H,6-10,15-17,20H2,1-5H3,(H,32,36)/t27-/m1/s1. The molecule has 1 saturated heterocycles. The van der Waals surface area contributed by atoms with Gasteiger partial charge >= 0.3 is 6.09 Å². The predicted octanol–water partition coefficient (Wildman–Crippen LogP) is 7.28. The highest BCUT2D eigenvalue weighted by Gasteiger charge is 2.36. The van der Waals surface area contributed by atoms with E-state index in [0.717, 1.165) is 29.9 Å². The smallest absolute Gasteiger partial charge is 0.411 e. The molecular formula is C31H43N3O7S2. The number of hydrogen-bond acceptors (Lipinski definition) is 9. The molecule has 1 fully saturated rings. The fourth-order valence-electron chi connectivity index (χ4n) is 4.77. The van der Waals surface area contributed by atoms with Crippen molar-refractivity contribution < 1.29 is 28.7 Å². The summed E-state index contributed by atoms with van der Waals surface area (Å²) in [6.45, 7) is 11.7. The molecule has 0 radical (unpaired) electrons. The molecule has 1 N–H and O–H groups in total. The molecule has 0 unspecified atom stereocenters. The Morgan fingerprint density at radius 3 is 2.44 bits per heavy atom. The summed E-state index contributed by atoms with van der Waals surface area (Å²) in [7, 11) is 0. The summed E-state index contributed by atoms with van der Waals surface area (Å²) >= 11 is 3.74. The highest BCUT2D eigenvalue weighted by molar-refractivity contribution is 8.17. The van der Waals surface area contributed by atoms with Crippen molar-refractivity contribution in [2.24, 2.45) is 0 Å². The average molecular weight is 634 g/mol. The van der Waals surface area contributed by atoms with Crippen molar-refractivity contribution in [1.29, 1.82) is 0 Å². The molecule has 1 aliphatic rings. The third kappa shape index (κ3) is 10.3. The van der Waals surface area contributed by atoms with Crippen LogP contribution in [0.15, 0.2) is 36.4 Å². The van der Waals surface area contributed by atoms with Crippen LogP contribution >= 0.6 is 23.5 Å². The van der Waals surface area contributed by atoms with Gasteiger partial charge in [0.1, 0.15) is 12.4 Å². The monoisotopic (exact) mass is 633 g/mol. The van der Waals surface area contributed by atoms with E-state index in [1.807, 2.05) is 49.2 Å². The number of anilines is 1. The summed E-state index contributed by atoms with van der Waals surface area (Å²) in [5.74, 6) is 2.37. The molecule has 2 aromatic carbocycles. The van der Waals surface area contributed by atoms with E-state index in [1.54, 1.807) is 12.1 Å². The number of thioether (sulfide) groups is 2. The quantitative estimate of drug-likeness (QED) is 0.0880. The minimum Gasteiger partial charge on any atom is -0.493 e. The fraction of sp³-hybridized carbons (Fsp3) is 0.548. The van der Waals surface area contributed by atoms with Crippen molar-refractivity contribution in [2.75, 3.05) is 36.6 Å². The molecule has 0 spiro atoms. The minimum absolute atomic E-state index is 0.0450. The van der Waals surface area contributed by atoms with Gasteiger partial charge in [-0.05, 0) is 74.4 Å². The van der Waals surface area contributed by atoms with Gasteiger partial charge < -0.3 is 19.1 Å². The molecule has 43 heavy (non-hydrogen) atoms. The largest absolute Gasteiger partial charge is 0.493 e. The molecule has 2 aromatic rings. The van der Waals surface area contributed by atoms with Crippen molar-refractivity contribution in [3.63, 3.8) is 0 Å². The van der Waals surface area contributed by atoms with Crippen LogP contribution in [0.25, 0.3) is 0 Å². The van der Waals surface area contributed by atoms with Crippen molar-refractivity contribution >= 4 is 46.9 Å². The minimum atomic E-state index is -0.744. The topological polar surface area (TPSA) is 120 Å². The van der Waals surface area contributed by atoms with E-state index in [-0.39, 0.29) is 34.9 Å². The maximum atomic E-state index is 14.1. The molecule has 0 aliphatic carbocycles. The lowest BCUT2D eigenvalue weighted by molar-refractivity contribution is -0.384. The zero-order valence-electron chi connectivity index (χ0n) is 25.6. The molecule has 0 aromatic heterocycles. The molecule has 2 amide bonds. The van der Waals surface area contributed by atoms with Crippen LogP contribution in [0.3, 0.4) is 0 Å². The first-order chi connectivity index (χ1) is 20.6. The lowest BCUT2D eigenvalue weighted by Gasteiger charge is -2.31. The Bertz CT molecular complexity index is 1220. The second-order valence-electron chi connectivity index (χ2n) is 10.4. The van der Waals surface area contributed by atoms with Gasteiger partial charge in [0.05, 0.1) is 46.1 Å². The number of amides is 2. The number of likely N-dealkylation sites (tertiary alicyclic amines) is 1. The van der Waals surface area contributed by atoms with Gasteiger partial charge in [-0.3, -0.25) is 20.2 Å². The molecule has 3 rings (SSSR count). The number of benzene rings is 2. The first kappa shape index (κ1) is 34.5. The van der Waals surface area contributed by atoms with Crippen LogP contribution in [0.4, 0.5) is 16.2 Å². The van der Waals surface area contributed by atoms with Crippen LogP contribution in [0.2, 0.25) is 0 Å². The molecule has 10 nitrogen and oxygen atoms in total. The maximum absolute atomic E-state index is 14.1. The van der Waals surface area contributed by atoms with Gasteiger partial charge in [-0.25, -0.2) is 4.79 Å². The Balaban J connectivity index is 1.81. The van der Waals surface area contributed by atoms with Gasteiger partial charge in [0.15, 0.2) is 0 Å². The van der Waals surface area contributed by atoms with Crippen LogP contribution in [0.1, 0.15) is 68.4 Å². The second kappa shape index (κ2) is 17.4. The number of non-ortho nitro benzene ring substituents is 1. The van der Waals surface area contributed by atoms with Crippen LogP contribution in [-0.4, -0.2) is 69.8 Å². The number of nitrogens with zero attached hydrogens (tertiary/aromatic N) is 2. The number of carbonyl (C=O) groups excluding carboxylic acids is 2. The fourth-order valence-corrected chi connectivity index (χ4v) is 7.64. The highest BCUT2D eigenvalue weighted by atomic mass is 32.2. The Morgan fingerprint density at radius 1 is 1.12 bits per heavy atom. The number of carbonyl (C=O) groups is 2. The van der Waals surface area contributed by atoms with Gasteiger partial charge in [0.2, 0.25) is 0 Å². The van der Waals surface area contributed by atoms with E-state index in [9.17, 15) is 19.7 Å². The van der Waals surface area contributed by atoms with E-state index in [2.05, 4.69) is 19.2 Å². The SMILES string of the molecule is CCSC(SCC)[C@H]1CCCN1C(=O)c1cc(C)c(OCCCOC(C)C)cc1NC(=O)OCc1ccc([N+](=O)[O-])cc1. The van der Waals surface area contributed by atoms with E-state index < -0.39 is 11.0 Å². The summed E-state index contributed by atoms with van der Waals surface area (Å²) < 4.78 is 17.3. The van der Waals surface area contributed by atoms with Gasteiger partial charge in [0, 0.05) is 31.2 Å². The normalized spacial score (nSPS) is 14.8. The van der Waals surface area contributed by atoms with E-state index >= 15 is 0 Å². The Hall–Kier alpha value is -2.96. The maximum Gasteiger partial charge on any atom is 0.411 e. The van der Waals surface area contributed by atoms with Crippen LogP contribution in [0.5, 0.6) is 5.75 Å². The van der Waals surface area contributed by atoms with E-state index in [1.165, 1.54) is 24.3 Å². The highest BCUT2D eigenvalue weighted by Crippen LogP contribution is 2.37. The van der Waals surface area contributed by atoms with Crippen molar-refractivity contribution in [3.8, 4) is 5.75 Å². The average Bonchev–Trinajstić information content (AvgIpc) is 3.47. The first-order valence-electron chi connectivity index (χ1n) is 14.7. The zero-order valence-corrected chi connectivity index (χ0v) is 27.3. The third-order valence-electron chi connectivity index (χ3n) is 6.83. The van der Waals surface area contributed by atoms with Gasteiger partial charge in [-0.1, -0.05) is 13.8 Å².